The highest BCUT2D eigenvalue weighted by molar-refractivity contribution is 5.97. The Balaban J connectivity index is 2.72. The topological polar surface area (TPSA) is 66.4 Å². The van der Waals surface area contributed by atoms with E-state index in [4.69, 9.17) is 0 Å². The minimum absolute atomic E-state index is 0.0269. The number of hydrogen-bond acceptors (Lipinski definition) is 3. The van der Waals surface area contributed by atoms with Gasteiger partial charge in [0.2, 0.25) is 0 Å². The molecule has 0 aliphatic rings. The molecule has 2 N–H and O–H groups in total. The fraction of sp³-hybridized carbons (Fsp3) is 0.500. The zero-order valence-electron chi connectivity index (χ0n) is 12.6. The van der Waals surface area contributed by atoms with Crippen LogP contribution in [0.5, 0.6) is 0 Å². The van der Waals surface area contributed by atoms with E-state index >= 15 is 0 Å². The van der Waals surface area contributed by atoms with Crippen molar-refractivity contribution in [3.8, 4) is 0 Å². The molecule has 0 spiro atoms. The van der Waals surface area contributed by atoms with Crippen molar-refractivity contribution in [1.29, 1.82) is 0 Å². The van der Waals surface area contributed by atoms with Crippen LogP contribution in [-0.4, -0.2) is 29.4 Å². The fourth-order valence-corrected chi connectivity index (χ4v) is 2.03. The first-order valence-electron chi connectivity index (χ1n) is 6.75. The Hall–Kier alpha value is -1.68. The summed E-state index contributed by atoms with van der Waals surface area (Å²) in [5.74, 6) is -0.263. The lowest BCUT2D eigenvalue weighted by atomic mass is 9.88. The molecule has 110 valence electrons. The van der Waals surface area contributed by atoms with Crippen LogP contribution >= 0.6 is 0 Å². The molecule has 0 saturated heterocycles. The molecule has 4 nitrogen and oxygen atoms in total. The molecule has 0 bridgehead atoms. The van der Waals surface area contributed by atoms with E-state index in [2.05, 4.69) is 26.1 Å². The second-order valence-corrected chi connectivity index (χ2v) is 6.25. The van der Waals surface area contributed by atoms with E-state index in [1.165, 1.54) is 6.92 Å². The predicted octanol–water partition coefficient (Wildman–Crippen LogP) is 2.42. The summed E-state index contributed by atoms with van der Waals surface area (Å²) < 4.78 is 0. The summed E-state index contributed by atoms with van der Waals surface area (Å²) in [5, 5.41) is 12.2. The highest BCUT2D eigenvalue weighted by Crippen LogP contribution is 2.20. The molecule has 1 aromatic carbocycles. The fourth-order valence-electron chi connectivity index (χ4n) is 2.03. The number of aliphatic hydroxyl groups is 1. The van der Waals surface area contributed by atoms with Gasteiger partial charge in [0.15, 0.2) is 5.78 Å². The lowest BCUT2D eigenvalue weighted by Gasteiger charge is -2.25. The quantitative estimate of drug-likeness (QED) is 0.812. The van der Waals surface area contributed by atoms with Gasteiger partial charge in [-0.2, -0.15) is 0 Å². The molecule has 0 aliphatic carbocycles. The maximum Gasteiger partial charge on any atom is 0.251 e. The van der Waals surface area contributed by atoms with Crippen LogP contribution in [0.2, 0.25) is 0 Å². The second kappa shape index (κ2) is 6.66. The normalized spacial score (nSPS) is 12.8. The van der Waals surface area contributed by atoms with Gasteiger partial charge in [0.05, 0.1) is 12.6 Å². The van der Waals surface area contributed by atoms with Crippen molar-refractivity contribution in [2.45, 2.75) is 40.2 Å². The Morgan fingerprint density at radius 2 is 1.65 bits per heavy atom. The molecule has 1 rings (SSSR count). The maximum atomic E-state index is 12.1. The van der Waals surface area contributed by atoms with Gasteiger partial charge in [-0.25, -0.2) is 0 Å². The van der Waals surface area contributed by atoms with Crippen LogP contribution < -0.4 is 5.32 Å². The van der Waals surface area contributed by atoms with E-state index in [9.17, 15) is 14.7 Å². The first-order chi connectivity index (χ1) is 9.23. The number of benzene rings is 1. The van der Waals surface area contributed by atoms with Gasteiger partial charge >= 0.3 is 0 Å². The summed E-state index contributed by atoms with van der Waals surface area (Å²) in [7, 11) is 0. The Bertz CT molecular complexity index is 471. The highest BCUT2D eigenvalue weighted by atomic mass is 16.3. The van der Waals surface area contributed by atoms with Crippen molar-refractivity contribution in [2.75, 3.05) is 6.61 Å². The van der Waals surface area contributed by atoms with E-state index in [1.807, 2.05) is 0 Å². The average Bonchev–Trinajstić information content (AvgIpc) is 2.36. The Labute approximate surface area is 120 Å². The molecule has 1 amide bonds. The first kappa shape index (κ1) is 16.4. The Morgan fingerprint density at radius 1 is 1.15 bits per heavy atom. The molecule has 0 fully saturated rings. The summed E-state index contributed by atoms with van der Waals surface area (Å²) in [5.41, 5.74) is 1.09. The molecular weight excluding hydrogens is 254 g/mol. The van der Waals surface area contributed by atoms with Gasteiger partial charge < -0.3 is 10.4 Å². The molecule has 0 aromatic heterocycles. The van der Waals surface area contributed by atoms with Crippen molar-refractivity contribution < 1.29 is 14.7 Å². The van der Waals surface area contributed by atoms with Gasteiger partial charge in [-0.3, -0.25) is 9.59 Å². The SMILES string of the molecule is CC(=O)c1ccc(C(=O)NC(CO)CC(C)(C)C)cc1. The third-order valence-electron chi connectivity index (χ3n) is 2.97. The lowest BCUT2D eigenvalue weighted by Crippen LogP contribution is -2.40. The number of rotatable bonds is 5. The van der Waals surface area contributed by atoms with Crippen LogP contribution in [0, 0.1) is 5.41 Å². The molecule has 20 heavy (non-hydrogen) atoms. The standard InChI is InChI=1S/C16H23NO3/c1-11(19)12-5-7-13(8-6-12)15(20)17-14(10-18)9-16(2,3)4/h5-8,14,18H,9-10H2,1-4H3,(H,17,20). The molecule has 1 unspecified atom stereocenters. The highest BCUT2D eigenvalue weighted by Gasteiger charge is 2.20. The van der Waals surface area contributed by atoms with Crippen LogP contribution in [0.1, 0.15) is 54.8 Å². The number of nitrogens with one attached hydrogen (secondary N) is 1. The number of aliphatic hydroxyl groups excluding tert-OH is 1. The average molecular weight is 277 g/mol. The van der Waals surface area contributed by atoms with Crippen LogP contribution in [0.4, 0.5) is 0 Å². The third-order valence-corrected chi connectivity index (χ3v) is 2.97. The summed E-state index contributed by atoms with van der Waals surface area (Å²) in [4.78, 5) is 23.2. The molecule has 1 aromatic rings. The summed E-state index contributed by atoms with van der Waals surface area (Å²) >= 11 is 0. The molecule has 4 heteroatoms. The van der Waals surface area contributed by atoms with E-state index < -0.39 is 0 Å². The smallest absolute Gasteiger partial charge is 0.251 e. The number of Topliss-reactive ketones (excluding diaryl/α,β-unsaturated/α-hetero) is 1. The monoisotopic (exact) mass is 277 g/mol. The number of amides is 1. The van der Waals surface area contributed by atoms with Crippen LogP contribution in [0.15, 0.2) is 24.3 Å². The van der Waals surface area contributed by atoms with Gasteiger partial charge in [-0.15, -0.1) is 0 Å². The molecule has 1 atom stereocenters. The predicted molar refractivity (Wildman–Crippen MR) is 78.9 cm³/mol. The number of carbonyl (C=O) groups is 2. The van der Waals surface area contributed by atoms with Crippen LogP contribution in [0.25, 0.3) is 0 Å². The van der Waals surface area contributed by atoms with Crippen molar-refractivity contribution in [2.24, 2.45) is 5.41 Å². The Kier molecular flexibility index (Phi) is 5.45. The molecular formula is C16H23NO3. The van der Waals surface area contributed by atoms with Gasteiger partial charge in [0, 0.05) is 11.1 Å². The van der Waals surface area contributed by atoms with Crippen LogP contribution in [0.3, 0.4) is 0 Å². The summed E-state index contributed by atoms with van der Waals surface area (Å²) in [6.45, 7) is 7.57. The zero-order valence-corrected chi connectivity index (χ0v) is 12.6. The maximum absolute atomic E-state index is 12.1. The van der Waals surface area contributed by atoms with E-state index in [0.717, 1.165) is 0 Å². The van der Waals surface area contributed by atoms with Crippen molar-refractivity contribution in [1.82, 2.24) is 5.32 Å². The third kappa shape index (κ3) is 5.13. The Morgan fingerprint density at radius 3 is 2.05 bits per heavy atom. The second-order valence-electron chi connectivity index (χ2n) is 6.25. The van der Waals surface area contributed by atoms with E-state index in [-0.39, 0.29) is 29.8 Å². The minimum atomic E-state index is -0.269. The lowest BCUT2D eigenvalue weighted by molar-refractivity contribution is 0.0896. The van der Waals surface area contributed by atoms with Crippen molar-refractivity contribution in [3.05, 3.63) is 35.4 Å². The van der Waals surface area contributed by atoms with E-state index in [0.29, 0.717) is 17.5 Å². The minimum Gasteiger partial charge on any atom is -0.394 e. The molecule has 0 aliphatic heterocycles. The molecule has 0 saturated carbocycles. The summed E-state index contributed by atoms with van der Waals surface area (Å²) in [6, 6.07) is 6.24. The van der Waals surface area contributed by atoms with Gasteiger partial charge in [0.25, 0.3) is 5.91 Å². The molecule has 0 radical (unpaired) electrons. The first-order valence-corrected chi connectivity index (χ1v) is 6.75. The number of ketones is 1. The van der Waals surface area contributed by atoms with E-state index in [1.54, 1.807) is 24.3 Å². The zero-order chi connectivity index (χ0) is 15.3. The number of carbonyl (C=O) groups excluding carboxylic acids is 2. The summed E-state index contributed by atoms with van der Waals surface area (Å²) in [6.07, 6.45) is 0.695. The van der Waals surface area contributed by atoms with Gasteiger partial charge in [-0.1, -0.05) is 32.9 Å². The van der Waals surface area contributed by atoms with Gasteiger partial charge in [-0.05, 0) is 30.9 Å². The van der Waals surface area contributed by atoms with Crippen molar-refractivity contribution >= 4 is 11.7 Å². The molecule has 0 heterocycles. The van der Waals surface area contributed by atoms with Gasteiger partial charge in [0.1, 0.15) is 0 Å². The van der Waals surface area contributed by atoms with Crippen LogP contribution in [-0.2, 0) is 0 Å². The largest absolute Gasteiger partial charge is 0.394 e. The number of hydrogen-bond donors (Lipinski definition) is 2. The van der Waals surface area contributed by atoms with Crippen molar-refractivity contribution in [3.63, 3.8) is 0 Å².